The summed E-state index contributed by atoms with van der Waals surface area (Å²) < 4.78 is 7.07. The van der Waals surface area contributed by atoms with Crippen LogP contribution >= 0.6 is 0 Å². The Hall–Kier alpha value is -3.35. The number of hydrogen-bond acceptors (Lipinski definition) is 6. The van der Waals surface area contributed by atoms with Crippen molar-refractivity contribution in [3.8, 4) is 17.1 Å². The third kappa shape index (κ3) is 4.32. The van der Waals surface area contributed by atoms with Gasteiger partial charge in [-0.2, -0.15) is 9.78 Å². The van der Waals surface area contributed by atoms with E-state index in [1.165, 1.54) is 0 Å². The number of hydrogen-bond donors (Lipinski definition) is 0. The highest BCUT2D eigenvalue weighted by atomic mass is 16.5. The molecular formula is C26H32N6O. The van der Waals surface area contributed by atoms with Crippen molar-refractivity contribution < 1.29 is 4.74 Å². The van der Waals surface area contributed by atoms with E-state index in [1.54, 1.807) is 11.8 Å². The summed E-state index contributed by atoms with van der Waals surface area (Å²) in [4.78, 5) is 9.88. The molecule has 0 radical (unpaired) electrons. The van der Waals surface area contributed by atoms with Crippen molar-refractivity contribution in [2.45, 2.75) is 60.3 Å². The molecule has 0 saturated heterocycles. The summed E-state index contributed by atoms with van der Waals surface area (Å²) in [7, 11) is 1.65. The molecule has 7 heteroatoms. The van der Waals surface area contributed by atoms with Gasteiger partial charge in [-0.15, -0.1) is 10.2 Å². The van der Waals surface area contributed by atoms with Gasteiger partial charge in [0, 0.05) is 22.6 Å². The van der Waals surface area contributed by atoms with Gasteiger partial charge in [0.1, 0.15) is 11.5 Å². The van der Waals surface area contributed by atoms with E-state index in [1.807, 2.05) is 31.2 Å². The van der Waals surface area contributed by atoms with E-state index in [-0.39, 0.29) is 5.41 Å². The van der Waals surface area contributed by atoms with Gasteiger partial charge in [0.05, 0.1) is 24.2 Å². The highest BCUT2D eigenvalue weighted by molar-refractivity contribution is 6.50. The number of ether oxygens (including phenoxy) is 1. The average molecular weight is 445 g/mol. The van der Waals surface area contributed by atoms with Crippen molar-refractivity contribution in [3.05, 3.63) is 53.6 Å². The minimum Gasteiger partial charge on any atom is -0.497 e. The van der Waals surface area contributed by atoms with Crippen LogP contribution in [0.3, 0.4) is 0 Å². The normalized spacial score (nSPS) is 14.7. The Morgan fingerprint density at radius 2 is 1.64 bits per heavy atom. The predicted octanol–water partition coefficient (Wildman–Crippen LogP) is 5.95. The number of aromatic nitrogens is 4. The van der Waals surface area contributed by atoms with Crippen LogP contribution in [-0.4, -0.2) is 38.4 Å². The molecule has 0 unspecified atom stereocenters. The third-order valence-electron chi connectivity index (χ3n) is 6.05. The van der Waals surface area contributed by atoms with Crippen molar-refractivity contribution in [2.24, 2.45) is 15.5 Å². The number of benzene rings is 1. The summed E-state index contributed by atoms with van der Waals surface area (Å²) >= 11 is 0. The van der Waals surface area contributed by atoms with Gasteiger partial charge >= 0.3 is 0 Å². The summed E-state index contributed by atoms with van der Waals surface area (Å²) in [5.74, 6) is 2.59. The Morgan fingerprint density at radius 3 is 2.21 bits per heavy atom. The van der Waals surface area contributed by atoms with E-state index in [0.717, 1.165) is 52.7 Å². The highest BCUT2D eigenvalue weighted by Crippen LogP contribution is 2.32. The predicted molar refractivity (Wildman–Crippen MR) is 133 cm³/mol. The smallest absolute Gasteiger partial charge is 0.205 e. The fraction of sp³-hybridized carbons (Fsp3) is 0.423. The number of rotatable bonds is 6. The van der Waals surface area contributed by atoms with Gasteiger partial charge in [0.25, 0.3) is 0 Å². The van der Waals surface area contributed by atoms with Crippen LogP contribution in [0.1, 0.15) is 70.6 Å². The van der Waals surface area contributed by atoms with Crippen molar-refractivity contribution >= 4 is 17.1 Å². The lowest BCUT2D eigenvalue weighted by Gasteiger charge is -2.18. The molecule has 0 atom stereocenters. The number of nitrogens with zero attached hydrogens (tertiary/aromatic N) is 6. The van der Waals surface area contributed by atoms with Gasteiger partial charge in [-0.3, -0.25) is 4.98 Å². The number of aryl methyl sites for hydroxylation is 1. The molecule has 1 aromatic carbocycles. The van der Waals surface area contributed by atoms with E-state index in [0.29, 0.717) is 17.6 Å². The first-order valence-electron chi connectivity index (χ1n) is 11.5. The fourth-order valence-corrected chi connectivity index (χ4v) is 4.05. The monoisotopic (exact) mass is 444 g/mol. The molecule has 0 bridgehead atoms. The van der Waals surface area contributed by atoms with Crippen LogP contribution in [-0.2, 0) is 0 Å². The van der Waals surface area contributed by atoms with E-state index in [2.05, 4.69) is 56.9 Å². The van der Waals surface area contributed by atoms with Crippen LogP contribution in [0.25, 0.3) is 11.4 Å². The Balaban J connectivity index is 1.79. The topological polar surface area (TPSA) is 77.5 Å². The second kappa shape index (κ2) is 8.89. The van der Waals surface area contributed by atoms with Crippen molar-refractivity contribution in [2.75, 3.05) is 7.11 Å². The SMILES string of the molecule is CCC(CC)c1ccc(/N=C2\C(C(C)(C)C)=Nn3c2nnc3-c2ccc(OC)cc2)c(C)n1. The zero-order valence-electron chi connectivity index (χ0n) is 20.5. The molecule has 172 valence electrons. The van der Waals surface area contributed by atoms with Crippen molar-refractivity contribution in [1.29, 1.82) is 0 Å². The zero-order chi connectivity index (χ0) is 23.8. The Morgan fingerprint density at radius 1 is 0.970 bits per heavy atom. The van der Waals surface area contributed by atoms with Gasteiger partial charge in [-0.25, -0.2) is 4.99 Å². The molecule has 0 saturated carbocycles. The quantitative estimate of drug-likeness (QED) is 0.471. The maximum absolute atomic E-state index is 5.28. The molecule has 0 spiro atoms. The van der Waals surface area contributed by atoms with E-state index in [4.69, 9.17) is 19.8 Å². The molecule has 2 aromatic heterocycles. The molecule has 3 aromatic rings. The summed E-state index contributed by atoms with van der Waals surface area (Å²) in [6.45, 7) is 12.8. The van der Waals surface area contributed by atoms with Gasteiger partial charge in [0.15, 0.2) is 5.82 Å². The highest BCUT2D eigenvalue weighted by Gasteiger charge is 2.35. The Labute approximate surface area is 195 Å². The summed E-state index contributed by atoms with van der Waals surface area (Å²) in [6.07, 6.45) is 2.16. The average Bonchev–Trinajstić information content (AvgIpc) is 3.36. The molecule has 0 N–H and O–H groups in total. The standard InChI is InChI=1S/C26H32N6O/c1-8-17(9-2)21-15-14-20(16(3)27-21)28-22-23(26(4,5)6)31-32-24(29-30-25(22)32)18-10-12-19(33-7)13-11-18/h10-15,17H,8-9H2,1-7H3/b28-22+. The van der Waals surface area contributed by atoms with Crippen LogP contribution in [0.2, 0.25) is 0 Å². The number of pyridine rings is 1. The molecule has 3 heterocycles. The maximum Gasteiger partial charge on any atom is 0.205 e. The van der Waals surface area contributed by atoms with Gasteiger partial charge in [0.2, 0.25) is 5.82 Å². The lowest BCUT2D eigenvalue weighted by Crippen LogP contribution is -2.27. The first kappa shape index (κ1) is 22.8. The van der Waals surface area contributed by atoms with Crippen molar-refractivity contribution in [1.82, 2.24) is 19.9 Å². The van der Waals surface area contributed by atoms with Crippen LogP contribution in [0.5, 0.6) is 5.75 Å². The molecule has 33 heavy (non-hydrogen) atoms. The summed E-state index contributed by atoms with van der Waals surface area (Å²) in [5, 5.41) is 13.8. The molecule has 0 fully saturated rings. The maximum atomic E-state index is 5.28. The van der Waals surface area contributed by atoms with E-state index in [9.17, 15) is 0 Å². The van der Waals surface area contributed by atoms with Crippen LogP contribution in [0.15, 0.2) is 46.5 Å². The number of fused-ring (bicyclic) bond motifs is 1. The third-order valence-corrected chi connectivity index (χ3v) is 6.05. The molecule has 1 aliphatic heterocycles. The van der Waals surface area contributed by atoms with Crippen molar-refractivity contribution in [3.63, 3.8) is 0 Å². The second-order valence-electron chi connectivity index (χ2n) is 9.40. The minimum absolute atomic E-state index is 0.215. The molecule has 0 amide bonds. The lowest BCUT2D eigenvalue weighted by molar-refractivity contribution is 0.415. The van der Waals surface area contributed by atoms with Gasteiger partial charge in [-0.1, -0.05) is 34.6 Å². The molecular weight excluding hydrogens is 412 g/mol. The van der Waals surface area contributed by atoms with Crippen LogP contribution < -0.4 is 4.74 Å². The van der Waals surface area contributed by atoms with Crippen LogP contribution in [0, 0.1) is 12.3 Å². The largest absolute Gasteiger partial charge is 0.497 e. The van der Waals surface area contributed by atoms with Gasteiger partial charge in [-0.05, 0) is 56.2 Å². The first-order chi connectivity index (χ1) is 15.8. The second-order valence-corrected chi connectivity index (χ2v) is 9.40. The van der Waals surface area contributed by atoms with Crippen LogP contribution in [0.4, 0.5) is 5.69 Å². The molecule has 0 aliphatic carbocycles. The summed E-state index contributed by atoms with van der Waals surface area (Å²) in [6, 6.07) is 11.9. The van der Waals surface area contributed by atoms with Gasteiger partial charge < -0.3 is 4.74 Å². The van der Waals surface area contributed by atoms with E-state index < -0.39 is 0 Å². The Bertz CT molecular complexity index is 1210. The fourth-order valence-electron chi connectivity index (χ4n) is 4.05. The number of aliphatic imine (C=N–C) groups is 1. The molecule has 4 rings (SSSR count). The number of methoxy groups -OCH3 is 1. The van der Waals surface area contributed by atoms with E-state index >= 15 is 0 Å². The minimum atomic E-state index is -0.215. The Kier molecular flexibility index (Phi) is 6.15. The zero-order valence-corrected chi connectivity index (χ0v) is 20.5. The molecule has 7 nitrogen and oxygen atoms in total. The molecule has 1 aliphatic rings. The lowest BCUT2D eigenvalue weighted by atomic mass is 9.87. The summed E-state index contributed by atoms with van der Waals surface area (Å²) in [5.41, 5.74) is 5.20. The first-order valence-corrected chi connectivity index (χ1v) is 11.5.